The van der Waals surface area contributed by atoms with Gasteiger partial charge in [0, 0.05) is 23.3 Å². The molecule has 0 saturated heterocycles. The molecule has 1 atom stereocenters. The van der Waals surface area contributed by atoms with Crippen molar-refractivity contribution in [1.29, 1.82) is 0 Å². The highest BCUT2D eigenvalue weighted by atomic mass is 35.5. The maximum absolute atomic E-state index is 13.7. The molecule has 32 heavy (non-hydrogen) atoms. The maximum Gasteiger partial charge on any atom is 0.237 e. The monoisotopic (exact) mass is 471 g/mol. The number of hydrogen-bond donors (Lipinski definition) is 0. The second-order valence-electron chi connectivity index (χ2n) is 8.65. The zero-order valence-electron chi connectivity index (χ0n) is 18.5. The molecule has 0 saturated carbocycles. The van der Waals surface area contributed by atoms with Gasteiger partial charge in [-0.05, 0) is 67.1 Å². The van der Waals surface area contributed by atoms with Crippen molar-refractivity contribution in [2.75, 3.05) is 10.7 Å². The van der Waals surface area contributed by atoms with E-state index in [1.807, 2.05) is 42.3 Å². The number of carbonyl (C=O) groups excluding carboxylic acids is 1. The molecule has 0 N–H and O–H groups in total. The normalized spacial score (nSPS) is 15.8. The predicted molar refractivity (Wildman–Crippen MR) is 130 cm³/mol. The highest BCUT2D eigenvalue weighted by molar-refractivity contribution is 7.99. The first-order valence-electron chi connectivity index (χ1n) is 10.9. The molecule has 1 aliphatic heterocycles. The zero-order valence-corrected chi connectivity index (χ0v) is 20.1. The largest absolute Gasteiger partial charge is 0.319 e. The van der Waals surface area contributed by atoms with Crippen LogP contribution < -0.4 is 4.90 Å². The van der Waals surface area contributed by atoms with Crippen molar-refractivity contribution in [2.24, 2.45) is 5.92 Å². The number of thioether (sulfide) groups is 1. The van der Waals surface area contributed by atoms with Crippen molar-refractivity contribution < 1.29 is 9.18 Å². The van der Waals surface area contributed by atoms with E-state index in [1.54, 1.807) is 12.1 Å². The van der Waals surface area contributed by atoms with Gasteiger partial charge in [0.2, 0.25) is 5.91 Å². The third-order valence-corrected chi connectivity index (χ3v) is 6.90. The highest BCUT2D eigenvalue weighted by Gasteiger charge is 2.29. The molecule has 1 aliphatic rings. The van der Waals surface area contributed by atoms with E-state index in [2.05, 4.69) is 23.4 Å². The molecule has 0 radical (unpaired) electrons. The standard InChI is InChI=1S/C25H27ClFN3OS/c1-16(2)14-29-23(18-6-8-20(26)9-7-18)13-28-25(29)32-15-24(31)30-17(3)4-5-19-12-21(27)10-11-22(19)30/h6-13,16-17H,4-5,14-15H2,1-3H3/t17-/m0/s1. The first-order chi connectivity index (χ1) is 15.3. The van der Waals surface area contributed by atoms with Crippen LogP contribution in [-0.2, 0) is 17.8 Å². The lowest BCUT2D eigenvalue weighted by atomic mass is 9.96. The Hall–Kier alpha value is -2.31. The summed E-state index contributed by atoms with van der Waals surface area (Å²) in [6, 6.07) is 12.5. The smallest absolute Gasteiger partial charge is 0.237 e. The van der Waals surface area contributed by atoms with E-state index in [-0.39, 0.29) is 23.5 Å². The van der Waals surface area contributed by atoms with Crippen LogP contribution in [-0.4, -0.2) is 27.3 Å². The van der Waals surface area contributed by atoms with E-state index >= 15 is 0 Å². The number of benzene rings is 2. The molecule has 2 aromatic carbocycles. The van der Waals surface area contributed by atoms with Crippen LogP contribution in [0.15, 0.2) is 53.8 Å². The van der Waals surface area contributed by atoms with Gasteiger partial charge in [-0.1, -0.05) is 49.3 Å². The van der Waals surface area contributed by atoms with E-state index in [4.69, 9.17) is 11.6 Å². The molecule has 0 aliphatic carbocycles. The van der Waals surface area contributed by atoms with E-state index in [1.165, 1.54) is 17.8 Å². The Morgan fingerprint density at radius 2 is 2.00 bits per heavy atom. The number of imidazole rings is 1. The number of amides is 1. The number of halogens is 2. The molecule has 0 bridgehead atoms. The fourth-order valence-electron chi connectivity index (χ4n) is 4.16. The van der Waals surface area contributed by atoms with Gasteiger partial charge in [0.25, 0.3) is 0 Å². The molecular formula is C25H27ClFN3OS. The van der Waals surface area contributed by atoms with Gasteiger partial charge in [-0.15, -0.1) is 0 Å². The van der Waals surface area contributed by atoms with E-state index in [0.29, 0.717) is 10.9 Å². The highest BCUT2D eigenvalue weighted by Crippen LogP contribution is 2.33. The fraction of sp³-hybridized carbons (Fsp3) is 0.360. The molecule has 1 aromatic heterocycles. The lowest BCUT2D eigenvalue weighted by Crippen LogP contribution is -2.43. The summed E-state index contributed by atoms with van der Waals surface area (Å²) in [5.74, 6) is 0.456. The molecule has 7 heteroatoms. The zero-order chi connectivity index (χ0) is 22.8. The van der Waals surface area contributed by atoms with Crippen molar-refractivity contribution in [2.45, 2.75) is 51.4 Å². The Balaban J connectivity index is 1.56. The molecular weight excluding hydrogens is 445 g/mol. The second-order valence-corrected chi connectivity index (χ2v) is 10.0. The summed E-state index contributed by atoms with van der Waals surface area (Å²) in [5.41, 5.74) is 3.77. The Kier molecular flexibility index (Phi) is 6.91. The minimum absolute atomic E-state index is 0.0159. The molecule has 0 fully saturated rings. The molecule has 4 nitrogen and oxygen atoms in total. The van der Waals surface area contributed by atoms with E-state index < -0.39 is 0 Å². The summed E-state index contributed by atoms with van der Waals surface area (Å²) in [5, 5.41) is 1.51. The number of hydrogen-bond acceptors (Lipinski definition) is 3. The summed E-state index contributed by atoms with van der Waals surface area (Å²) in [7, 11) is 0. The first kappa shape index (κ1) is 22.9. The van der Waals surface area contributed by atoms with Gasteiger partial charge < -0.3 is 9.47 Å². The average Bonchev–Trinajstić information content (AvgIpc) is 3.14. The summed E-state index contributed by atoms with van der Waals surface area (Å²) in [6.07, 6.45) is 3.48. The average molecular weight is 472 g/mol. The molecule has 168 valence electrons. The SMILES string of the molecule is CC(C)Cn1c(-c2ccc(Cl)cc2)cnc1SCC(=O)N1c2ccc(F)cc2CC[C@@H]1C. The van der Waals surface area contributed by atoms with Gasteiger partial charge in [0.05, 0.1) is 17.6 Å². The summed E-state index contributed by atoms with van der Waals surface area (Å²) >= 11 is 7.50. The van der Waals surface area contributed by atoms with E-state index in [9.17, 15) is 9.18 Å². The molecule has 0 unspecified atom stereocenters. The molecule has 4 rings (SSSR count). The first-order valence-corrected chi connectivity index (χ1v) is 12.2. The lowest BCUT2D eigenvalue weighted by Gasteiger charge is -2.35. The number of nitrogens with zero attached hydrogens (tertiary/aromatic N) is 3. The lowest BCUT2D eigenvalue weighted by molar-refractivity contribution is -0.116. The van der Waals surface area contributed by atoms with Crippen LogP contribution in [0.2, 0.25) is 5.02 Å². The van der Waals surface area contributed by atoms with Gasteiger partial charge in [-0.25, -0.2) is 9.37 Å². The van der Waals surface area contributed by atoms with Crippen LogP contribution in [0.25, 0.3) is 11.3 Å². The Morgan fingerprint density at radius 3 is 2.72 bits per heavy atom. The Labute approximate surface area is 197 Å². The molecule has 1 amide bonds. The Bertz CT molecular complexity index is 1110. The van der Waals surface area contributed by atoms with Crippen LogP contribution in [0.4, 0.5) is 10.1 Å². The second kappa shape index (κ2) is 9.67. The number of anilines is 1. The minimum atomic E-state index is -0.259. The topological polar surface area (TPSA) is 38.1 Å². The third kappa shape index (κ3) is 4.86. The molecule has 2 heterocycles. The van der Waals surface area contributed by atoms with Crippen molar-refractivity contribution in [3.8, 4) is 11.3 Å². The summed E-state index contributed by atoms with van der Waals surface area (Å²) < 4.78 is 15.9. The van der Waals surface area contributed by atoms with Crippen molar-refractivity contribution in [3.63, 3.8) is 0 Å². The number of aryl methyl sites for hydroxylation is 1. The fourth-order valence-corrected chi connectivity index (χ4v) is 5.14. The quantitative estimate of drug-likeness (QED) is 0.387. The van der Waals surface area contributed by atoms with Gasteiger partial charge >= 0.3 is 0 Å². The minimum Gasteiger partial charge on any atom is -0.319 e. The summed E-state index contributed by atoms with van der Waals surface area (Å²) in [4.78, 5) is 19.7. The molecule has 3 aromatic rings. The van der Waals surface area contributed by atoms with Gasteiger partial charge in [-0.2, -0.15) is 0 Å². The number of aromatic nitrogens is 2. The van der Waals surface area contributed by atoms with E-state index in [0.717, 1.165) is 47.1 Å². The third-order valence-electron chi connectivity index (χ3n) is 5.67. The maximum atomic E-state index is 13.7. The number of rotatable bonds is 6. The van der Waals surface area contributed by atoms with Crippen LogP contribution >= 0.6 is 23.4 Å². The summed E-state index contributed by atoms with van der Waals surface area (Å²) in [6.45, 7) is 7.18. The number of carbonyl (C=O) groups is 1. The van der Waals surface area contributed by atoms with Gasteiger partial charge in [0.15, 0.2) is 5.16 Å². The molecule has 0 spiro atoms. The van der Waals surface area contributed by atoms with Crippen molar-refractivity contribution in [1.82, 2.24) is 9.55 Å². The van der Waals surface area contributed by atoms with Gasteiger partial charge in [-0.3, -0.25) is 4.79 Å². The number of fused-ring (bicyclic) bond motifs is 1. The van der Waals surface area contributed by atoms with Crippen LogP contribution in [0.3, 0.4) is 0 Å². The Morgan fingerprint density at radius 1 is 1.25 bits per heavy atom. The van der Waals surface area contributed by atoms with Crippen LogP contribution in [0.1, 0.15) is 32.8 Å². The predicted octanol–water partition coefficient (Wildman–Crippen LogP) is 6.46. The van der Waals surface area contributed by atoms with Crippen molar-refractivity contribution >= 4 is 35.0 Å². The van der Waals surface area contributed by atoms with Gasteiger partial charge in [0.1, 0.15) is 5.82 Å². The van der Waals surface area contributed by atoms with Crippen molar-refractivity contribution in [3.05, 3.63) is 65.1 Å². The van der Waals surface area contributed by atoms with Crippen LogP contribution in [0.5, 0.6) is 0 Å². The van der Waals surface area contributed by atoms with Crippen LogP contribution in [0, 0.1) is 11.7 Å².